The van der Waals surface area contributed by atoms with Crippen molar-refractivity contribution in [3.05, 3.63) is 18.5 Å². The maximum Gasteiger partial charge on any atom is 0.246 e. The molecule has 1 aromatic rings. The second-order valence-corrected chi connectivity index (χ2v) is 5.90. The number of pyridine rings is 1. The van der Waals surface area contributed by atoms with Crippen LogP contribution in [0.1, 0.15) is 6.42 Å². The van der Waals surface area contributed by atoms with Crippen LogP contribution in [0, 0.1) is 0 Å². The molecular formula is C11H17N3O3S. The highest BCUT2D eigenvalue weighted by molar-refractivity contribution is 7.89. The Morgan fingerprint density at radius 1 is 1.39 bits per heavy atom. The summed E-state index contributed by atoms with van der Waals surface area (Å²) in [5.74, 6) is 0. The molecule has 100 valence electrons. The zero-order chi connectivity index (χ0) is 13.0. The smallest absolute Gasteiger partial charge is 0.246 e. The third kappa shape index (κ3) is 2.63. The molecule has 0 spiro atoms. The predicted molar refractivity (Wildman–Crippen MR) is 68.0 cm³/mol. The molecule has 1 aliphatic heterocycles. The van der Waals surface area contributed by atoms with Gasteiger partial charge >= 0.3 is 0 Å². The van der Waals surface area contributed by atoms with Crippen LogP contribution >= 0.6 is 0 Å². The van der Waals surface area contributed by atoms with Gasteiger partial charge in [0.1, 0.15) is 4.90 Å². The lowest BCUT2D eigenvalue weighted by Gasteiger charge is -2.20. The lowest BCUT2D eigenvalue weighted by molar-refractivity contribution is 0.148. The highest BCUT2D eigenvalue weighted by Crippen LogP contribution is 2.23. The van der Waals surface area contributed by atoms with E-state index in [2.05, 4.69) is 10.3 Å². The largest absolute Gasteiger partial charge is 0.387 e. The van der Waals surface area contributed by atoms with E-state index in [0.717, 1.165) is 0 Å². The summed E-state index contributed by atoms with van der Waals surface area (Å²) < 4.78 is 31.8. The highest BCUT2D eigenvalue weighted by Gasteiger charge is 2.27. The second-order valence-electron chi connectivity index (χ2n) is 3.99. The fourth-order valence-electron chi connectivity index (χ4n) is 1.89. The van der Waals surface area contributed by atoms with Crippen molar-refractivity contribution in [1.82, 2.24) is 9.29 Å². The van der Waals surface area contributed by atoms with Crippen molar-refractivity contribution in [2.24, 2.45) is 0 Å². The molecule has 1 saturated heterocycles. The fourth-order valence-corrected chi connectivity index (χ4v) is 3.50. The van der Waals surface area contributed by atoms with E-state index in [9.17, 15) is 8.42 Å². The van der Waals surface area contributed by atoms with Crippen LogP contribution in [-0.4, -0.2) is 51.1 Å². The average molecular weight is 271 g/mol. The molecule has 0 radical (unpaired) electrons. The Balaban J connectivity index is 2.34. The molecule has 7 heteroatoms. The first-order valence-corrected chi connectivity index (χ1v) is 7.30. The highest BCUT2D eigenvalue weighted by atomic mass is 32.2. The van der Waals surface area contributed by atoms with Crippen molar-refractivity contribution in [2.75, 3.05) is 38.7 Å². The standard InChI is InChI=1S/C11H17N3O3S/c1-12-10-3-4-13-9-11(10)18(15,16)14-5-2-7-17-8-6-14/h3-4,9H,2,5-8H2,1H3,(H,12,13). The number of hydrogen-bond acceptors (Lipinski definition) is 5. The quantitative estimate of drug-likeness (QED) is 0.868. The Labute approximate surface area is 107 Å². The normalized spacial score (nSPS) is 18.3. The van der Waals surface area contributed by atoms with Gasteiger partial charge in [0.05, 0.1) is 12.3 Å². The number of sulfonamides is 1. The minimum absolute atomic E-state index is 0.217. The van der Waals surface area contributed by atoms with Gasteiger partial charge in [-0.3, -0.25) is 4.98 Å². The van der Waals surface area contributed by atoms with Gasteiger partial charge in [-0.2, -0.15) is 4.31 Å². The van der Waals surface area contributed by atoms with E-state index in [-0.39, 0.29) is 4.90 Å². The maximum atomic E-state index is 12.5. The van der Waals surface area contributed by atoms with Gasteiger partial charge in [-0.15, -0.1) is 0 Å². The minimum atomic E-state index is -3.50. The minimum Gasteiger partial charge on any atom is -0.387 e. The van der Waals surface area contributed by atoms with Crippen LogP contribution < -0.4 is 5.32 Å². The molecule has 2 heterocycles. The number of hydrogen-bond donors (Lipinski definition) is 1. The van der Waals surface area contributed by atoms with E-state index < -0.39 is 10.0 Å². The fraction of sp³-hybridized carbons (Fsp3) is 0.545. The number of nitrogens with zero attached hydrogens (tertiary/aromatic N) is 2. The summed E-state index contributed by atoms with van der Waals surface area (Å²) in [6, 6.07) is 1.65. The monoisotopic (exact) mass is 271 g/mol. The molecule has 18 heavy (non-hydrogen) atoms. The molecule has 0 aliphatic carbocycles. The molecule has 0 aromatic carbocycles. The van der Waals surface area contributed by atoms with Gasteiger partial charge in [-0.25, -0.2) is 8.42 Å². The van der Waals surface area contributed by atoms with Crippen LogP contribution in [0.4, 0.5) is 5.69 Å². The number of anilines is 1. The first-order chi connectivity index (χ1) is 8.66. The Morgan fingerprint density at radius 3 is 3.00 bits per heavy atom. The second kappa shape index (κ2) is 5.64. The molecule has 0 bridgehead atoms. The van der Waals surface area contributed by atoms with E-state index in [1.807, 2.05) is 0 Å². The topological polar surface area (TPSA) is 71.5 Å². The van der Waals surface area contributed by atoms with Gasteiger partial charge in [-0.05, 0) is 12.5 Å². The molecule has 6 nitrogen and oxygen atoms in total. The molecule has 0 unspecified atom stereocenters. The predicted octanol–water partition coefficient (Wildman–Crippen LogP) is 0.534. The molecule has 1 aromatic heterocycles. The van der Waals surface area contributed by atoms with Crippen molar-refractivity contribution in [2.45, 2.75) is 11.3 Å². The van der Waals surface area contributed by atoms with Crippen LogP contribution in [0.3, 0.4) is 0 Å². The Morgan fingerprint density at radius 2 is 2.22 bits per heavy atom. The van der Waals surface area contributed by atoms with Crippen LogP contribution in [0.25, 0.3) is 0 Å². The van der Waals surface area contributed by atoms with Gasteiger partial charge in [0.15, 0.2) is 0 Å². The SMILES string of the molecule is CNc1ccncc1S(=O)(=O)N1CCCOCC1. The van der Waals surface area contributed by atoms with Gasteiger partial charge in [0, 0.05) is 39.1 Å². The maximum absolute atomic E-state index is 12.5. The van der Waals surface area contributed by atoms with Crippen LogP contribution in [0.15, 0.2) is 23.4 Å². The molecular weight excluding hydrogens is 254 g/mol. The Bertz CT molecular complexity index is 496. The van der Waals surface area contributed by atoms with Gasteiger partial charge in [0.25, 0.3) is 0 Å². The number of rotatable bonds is 3. The summed E-state index contributed by atoms with van der Waals surface area (Å²) in [7, 11) is -1.81. The Kier molecular flexibility index (Phi) is 4.15. The van der Waals surface area contributed by atoms with E-state index in [1.54, 1.807) is 19.3 Å². The summed E-state index contributed by atoms with van der Waals surface area (Å²) >= 11 is 0. The molecule has 0 atom stereocenters. The van der Waals surface area contributed by atoms with E-state index in [0.29, 0.717) is 38.4 Å². The summed E-state index contributed by atoms with van der Waals surface area (Å²) in [5, 5.41) is 2.88. The summed E-state index contributed by atoms with van der Waals surface area (Å²) in [4.78, 5) is 4.12. The van der Waals surface area contributed by atoms with Crippen molar-refractivity contribution < 1.29 is 13.2 Å². The van der Waals surface area contributed by atoms with Crippen molar-refractivity contribution in [3.8, 4) is 0 Å². The number of nitrogens with one attached hydrogen (secondary N) is 1. The summed E-state index contributed by atoms with van der Waals surface area (Å²) in [6.07, 6.45) is 3.66. The molecule has 0 amide bonds. The summed E-state index contributed by atoms with van der Waals surface area (Å²) in [6.45, 7) is 1.92. The van der Waals surface area contributed by atoms with Gasteiger partial charge in [0.2, 0.25) is 10.0 Å². The number of ether oxygens (including phenoxy) is 1. The lowest BCUT2D eigenvalue weighted by Crippen LogP contribution is -2.33. The third-order valence-corrected chi connectivity index (χ3v) is 4.78. The van der Waals surface area contributed by atoms with E-state index in [1.165, 1.54) is 10.5 Å². The van der Waals surface area contributed by atoms with Crippen LogP contribution in [0.2, 0.25) is 0 Å². The molecule has 1 N–H and O–H groups in total. The Hall–Kier alpha value is -1.18. The zero-order valence-electron chi connectivity index (χ0n) is 10.3. The van der Waals surface area contributed by atoms with E-state index >= 15 is 0 Å². The lowest BCUT2D eigenvalue weighted by atomic mass is 10.4. The van der Waals surface area contributed by atoms with Gasteiger partial charge < -0.3 is 10.1 Å². The third-order valence-electron chi connectivity index (χ3n) is 2.85. The first-order valence-electron chi connectivity index (χ1n) is 5.86. The molecule has 2 rings (SSSR count). The first kappa shape index (κ1) is 13.3. The van der Waals surface area contributed by atoms with Crippen molar-refractivity contribution in [3.63, 3.8) is 0 Å². The molecule has 1 aliphatic rings. The van der Waals surface area contributed by atoms with Crippen LogP contribution in [-0.2, 0) is 14.8 Å². The van der Waals surface area contributed by atoms with Gasteiger partial charge in [-0.1, -0.05) is 0 Å². The van der Waals surface area contributed by atoms with Crippen molar-refractivity contribution >= 4 is 15.7 Å². The average Bonchev–Trinajstić information content (AvgIpc) is 2.68. The van der Waals surface area contributed by atoms with Crippen LogP contribution in [0.5, 0.6) is 0 Å². The number of aromatic nitrogens is 1. The zero-order valence-corrected chi connectivity index (χ0v) is 11.1. The summed E-state index contributed by atoms with van der Waals surface area (Å²) in [5.41, 5.74) is 0.565. The van der Waals surface area contributed by atoms with Crippen molar-refractivity contribution in [1.29, 1.82) is 0 Å². The van der Waals surface area contributed by atoms with E-state index in [4.69, 9.17) is 4.74 Å². The molecule has 1 fully saturated rings. The molecule has 0 saturated carbocycles.